The second-order valence-corrected chi connectivity index (χ2v) is 4.56. The number of ether oxygens (including phenoxy) is 2. The maximum absolute atomic E-state index is 12.8. The Morgan fingerprint density at radius 3 is 2.74 bits per heavy atom. The number of rotatable bonds is 4. The number of benzene rings is 1. The number of hydrogen-bond acceptors (Lipinski definition) is 3. The molecule has 1 saturated heterocycles. The molecule has 106 valence electrons. The molecule has 1 aliphatic rings. The summed E-state index contributed by atoms with van der Waals surface area (Å²) in [4.78, 5) is 0. The summed E-state index contributed by atoms with van der Waals surface area (Å²) < 4.78 is 49.1. The second kappa shape index (κ2) is 5.79. The predicted octanol–water partition coefficient (Wildman–Crippen LogP) is 2.58. The third-order valence-corrected chi connectivity index (χ3v) is 3.12. The summed E-state index contributed by atoms with van der Waals surface area (Å²) in [5.74, 6) is 0.472. The van der Waals surface area contributed by atoms with Gasteiger partial charge >= 0.3 is 6.18 Å². The van der Waals surface area contributed by atoms with Gasteiger partial charge in [0.15, 0.2) is 0 Å². The quantitative estimate of drug-likeness (QED) is 0.918. The first-order valence-corrected chi connectivity index (χ1v) is 6.11. The van der Waals surface area contributed by atoms with Gasteiger partial charge in [-0.1, -0.05) is 6.07 Å². The topological polar surface area (TPSA) is 44.5 Å². The Kier molecular flexibility index (Phi) is 4.31. The third kappa shape index (κ3) is 3.61. The minimum absolute atomic E-state index is 0.0732. The van der Waals surface area contributed by atoms with Crippen LogP contribution in [-0.4, -0.2) is 19.8 Å². The van der Waals surface area contributed by atoms with Crippen molar-refractivity contribution in [3.8, 4) is 5.75 Å². The van der Waals surface area contributed by atoms with Crippen LogP contribution in [0.25, 0.3) is 0 Å². The van der Waals surface area contributed by atoms with Gasteiger partial charge in [0.25, 0.3) is 0 Å². The molecule has 3 nitrogen and oxygen atoms in total. The molecule has 1 atom stereocenters. The summed E-state index contributed by atoms with van der Waals surface area (Å²) in [5, 5.41) is 0. The second-order valence-electron chi connectivity index (χ2n) is 4.56. The number of halogens is 3. The molecule has 1 aliphatic heterocycles. The highest BCUT2D eigenvalue weighted by molar-refractivity contribution is 5.37. The van der Waals surface area contributed by atoms with Crippen LogP contribution in [0.5, 0.6) is 5.75 Å². The van der Waals surface area contributed by atoms with Crippen molar-refractivity contribution in [2.24, 2.45) is 11.7 Å². The van der Waals surface area contributed by atoms with E-state index < -0.39 is 11.7 Å². The first-order chi connectivity index (χ1) is 9.00. The van der Waals surface area contributed by atoms with Crippen LogP contribution in [0.15, 0.2) is 18.2 Å². The van der Waals surface area contributed by atoms with Crippen molar-refractivity contribution in [2.75, 3.05) is 19.8 Å². The molecule has 0 saturated carbocycles. The summed E-state index contributed by atoms with van der Waals surface area (Å²) >= 11 is 0. The van der Waals surface area contributed by atoms with E-state index in [1.807, 2.05) is 0 Å². The van der Waals surface area contributed by atoms with Gasteiger partial charge < -0.3 is 15.2 Å². The minimum atomic E-state index is -4.41. The Morgan fingerprint density at radius 2 is 2.16 bits per heavy atom. The summed E-state index contributed by atoms with van der Waals surface area (Å²) in [6, 6.07) is 3.90. The van der Waals surface area contributed by atoms with Crippen molar-refractivity contribution in [1.82, 2.24) is 0 Å². The van der Waals surface area contributed by atoms with Gasteiger partial charge in [0, 0.05) is 19.1 Å². The van der Waals surface area contributed by atoms with Crippen molar-refractivity contribution in [1.29, 1.82) is 0 Å². The Labute approximate surface area is 109 Å². The molecule has 19 heavy (non-hydrogen) atoms. The standard InChI is InChI=1S/C13H16F3NO2/c14-13(15,16)12-5-11(2-1-10(12)6-17)19-8-9-3-4-18-7-9/h1-2,5,9H,3-4,6-8,17H2. The van der Waals surface area contributed by atoms with Crippen LogP contribution in [0, 0.1) is 5.92 Å². The summed E-state index contributed by atoms with van der Waals surface area (Å²) in [6.45, 7) is 1.52. The van der Waals surface area contributed by atoms with Gasteiger partial charge in [0.1, 0.15) is 5.75 Å². The fourth-order valence-corrected chi connectivity index (χ4v) is 2.02. The van der Waals surface area contributed by atoms with E-state index >= 15 is 0 Å². The highest BCUT2D eigenvalue weighted by atomic mass is 19.4. The maximum atomic E-state index is 12.8. The van der Waals surface area contributed by atoms with Gasteiger partial charge in [0.2, 0.25) is 0 Å². The zero-order chi connectivity index (χ0) is 13.9. The lowest BCUT2D eigenvalue weighted by Crippen LogP contribution is -2.14. The average Bonchev–Trinajstić information content (AvgIpc) is 2.88. The van der Waals surface area contributed by atoms with Crippen molar-refractivity contribution in [3.05, 3.63) is 29.3 Å². The molecular formula is C13H16F3NO2. The van der Waals surface area contributed by atoms with Gasteiger partial charge in [-0.25, -0.2) is 0 Å². The number of nitrogens with two attached hydrogens (primary N) is 1. The van der Waals surface area contributed by atoms with Gasteiger partial charge in [-0.2, -0.15) is 13.2 Å². The molecule has 0 spiro atoms. The Balaban J connectivity index is 2.08. The highest BCUT2D eigenvalue weighted by Crippen LogP contribution is 2.34. The van der Waals surface area contributed by atoms with E-state index in [2.05, 4.69) is 0 Å². The largest absolute Gasteiger partial charge is 0.493 e. The maximum Gasteiger partial charge on any atom is 0.416 e. The number of alkyl halides is 3. The predicted molar refractivity (Wildman–Crippen MR) is 63.8 cm³/mol. The zero-order valence-electron chi connectivity index (χ0n) is 10.4. The molecule has 6 heteroatoms. The van der Waals surface area contributed by atoms with Gasteiger partial charge in [-0.3, -0.25) is 0 Å². The fraction of sp³-hybridized carbons (Fsp3) is 0.538. The van der Waals surface area contributed by atoms with E-state index in [-0.39, 0.29) is 23.8 Å². The molecule has 0 aliphatic carbocycles. The van der Waals surface area contributed by atoms with E-state index in [4.69, 9.17) is 15.2 Å². The molecule has 2 rings (SSSR count). The lowest BCUT2D eigenvalue weighted by Gasteiger charge is -2.15. The molecule has 0 amide bonds. The van der Waals surface area contributed by atoms with Gasteiger partial charge in [0.05, 0.1) is 18.8 Å². The highest BCUT2D eigenvalue weighted by Gasteiger charge is 2.33. The Bertz CT molecular complexity index is 428. The first-order valence-electron chi connectivity index (χ1n) is 6.11. The minimum Gasteiger partial charge on any atom is -0.493 e. The van der Waals surface area contributed by atoms with Crippen LogP contribution < -0.4 is 10.5 Å². The number of hydrogen-bond donors (Lipinski definition) is 1. The summed E-state index contributed by atoms with van der Waals surface area (Å²) in [7, 11) is 0. The molecular weight excluding hydrogens is 259 g/mol. The molecule has 1 unspecified atom stereocenters. The fourth-order valence-electron chi connectivity index (χ4n) is 2.02. The molecule has 1 fully saturated rings. The van der Waals surface area contributed by atoms with Crippen molar-refractivity contribution in [3.63, 3.8) is 0 Å². The third-order valence-electron chi connectivity index (χ3n) is 3.12. The van der Waals surface area contributed by atoms with E-state index in [0.29, 0.717) is 19.8 Å². The van der Waals surface area contributed by atoms with Crippen molar-refractivity contribution in [2.45, 2.75) is 19.1 Å². The molecule has 1 aromatic carbocycles. The van der Waals surface area contributed by atoms with E-state index in [0.717, 1.165) is 12.5 Å². The van der Waals surface area contributed by atoms with Gasteiger partial charge in [-0.15, -0.1) is 0 Å². The molecule has 0 aromatic heterocycles. The monoisotopic (exact) mass is 275 g/mol. The molecule has 0 bridgehead atoms. The summed E-state index contributed by atoms with van der Waals surface area (Å²) in [6.07, 6.45) is -3.53. The Hall–Kier alpha value is -1.27. The van der Waals surface area contributed by atoms with E-state index in [1.165, 1.54) is 12.1 Å². The van der Waals surface area contributed by atoms with Gasteiger partial charge in [-0.05, 0) is 24.1 Å². The lowest BCUT2D eigenvalue weighted by atomic mass is 10.1. The van der Waals surface area contributed by atoms with Crippen LogP contribution in [0.2, 0.25) is 0 Å². The van der Waals surface area contributed by atoms with Crippen molar-refractivity contribution >= 4 is 0 Å². The molecule has 2 N–H and O–H groups in total. The van der Waals surface area contributed by atoms with E-state index in [1.54, 1.807) is 0 Å². The molecule has 1 aromatic rings. The SMILES string of the molecule is NCc1ccc(OCC2CCOC2)cc1C(F)(F)F. The zero-order valence-corrected chi connectivity index (χ0v) is 10.4. The lowest BCUT2D eigenvalue weighted by molar-refractivity contribution is -0.138. The normalized spacial score (nSPS) is 19.7. The molecule has 0 radical (unpaired) electrons. The summed E-state index contributed by atoms with van der Waals surface area (Å²) in [5.41, 5.74) is 4.66. The van der Waals surface area contributed by atoms with Crippen LogP contribution in [-0.2, 0) is 17.5 Å². The average molecular weight is 275 g/mol. The Morgan fingerprint density at radius 1 is 1.37 bits per heavy atom. The molecule has 1 heterocycles. The van der Waals surface area contributed by atoms with Crippen LogP contribution in [0.3, 0.4) is 0 Å². The van der Waals surface area contributed by atoms with Crippen LogP contribution in [0.4, 0.5) is 13.2 Å². The first kappa shape index (κ1) is 14.1. The smallest absolute Gasteiger partial charge is 0.416 e. The van der Waals surface area contributed by atoms with Crippen LogP contribution >= 0.6 is 0 Å². The van der Waals surface area contributed by atoms with Crippen molar-refractivity contribution < 1.29 is 22.6 Å². The van der Waals surface area contributed by atoms with E-state index in [9.17, 15) is 13.2 Å². The van der Waals surface area contributed by atoms with Crippen LogP contribution in [0.1, 0.15) is 17.5 Å².